The number of pyridine rings is 1. The van der Waals surface area contributed by atoms with Crippen molar-refractivity contribution in [2.24, 2.45) is 0 Å². The maximum Gasteiger partial charge on any atom is 0.248 e. The molecule has 3 heterocycles. The van der Waals surface area contributed by atoms with Gasteiger partial charge in [0.25, 0.3) is 0 Å². The average molecular weight is 410 g/mol. The molecule has 9 nitrogen and oxygen atoms in total. The number of carbonyl (C=O) groups excluding carboxylic acids is 1. The van der Waals surface area contributed by atoms with Crippen molar-refractivity contribution < 1.29 is 13.2 Å². The zero-order valence-corrected chi connectivity index (χ0v) is 16.2. The molecule has 1 N–H and O–H groups in total. The molecule has 0 atom stereocenters. The van der Waals surface area contributed by atoms with Crippen LogP contribution < -0.4 is 9.62 Å². The minimum atomic E-state index is -3.20. The summed E-state index contributed by atoms with van der Waals surface area (Å²) in [7, 11) is -3.20. The third-order valence-electron chi connectivity index (χ3n) is 4.39. The maximum atomic E-state index is 12.3. The Bertz CT molecular complexity index is 1140. The highest BCUT2D eigenvalue weighted by Gasteiger charge is 2.28. The number of nitrogens with zero attached hydrogens (tertiary/aromatic N) is 5. The summed E-state index contributed by atoms with van der Waals surface area (Å²) in [6.45, 7) is 0.499. The number of nitrogens with one attached hydrogen (secondary N) is 1. The van der Waals surface area contributed by atoms with Crippen LogP contribution in [0.3, 0.4) is 0 Å². The SMILES string of the molecule is O=C(/C=C/c1ccc(N2CCCS2(=O)=O)cc1)Nc1cccnc1-n1cncn1. The highest BCUT2D eigenvalue weighted by Crippen LogP contribution is 2.24. The first kappa shape index (κ1) is 18.8. The Hall–Kier alpha value is -3.53. The molecule has 2 aromatic heterocycles. The fourth-order valence-electron chi connectivity index (χ4n) is 3.02. The molecule has 4 rings (SSSR count). The molecule has 1 aliphatic heterocycles. The van der Waals surface area contributed by atoms with Gasteiger partial charge >= 0.3 is 0 Å². The van der Waals surface area contributed by atoms with Crippen LogP contribution in [0.1, 0.15) is 12.0 Å². The van der Waals surface area contributed by atoms with Crippen molar-refractivity contribution in [1.29, 1.82) is 0 Å². The molecule has 1 fully saturated rings. The first-order valence-corrected chi connectivity index (χ1v) is 10.5. The monoisotopic (exact) mass is 410 g/mol. The number of sulfonamides is 1. The van der Waals surface area contributed by atoms with Crippen LogP contribution in [0.25, 0.3) is 11.9 Å². The van der Waals surface area contributed by atoms with Crippen LogP contribution in [-0.4, -0.2) is 46.4 Å². The highest BCUT2D eigenvalue weighted by molar-refractivity contribution is 7.93. The zero-order valence-electron chi connectivity index (χ0n) is 15.3. The summed E-state index contributed by atoms with van der Waals surface area (Å²) >= 11 is 0. The zero-order chi connectivity index (χ0) is 20.3. The molecule has 0 aliphatic carbocycles. The number of anilines is 2. The Balaban J connectivity index is 1.44. The van der Waals surface area contributed by atoms with E-state index < -0.39 is 10.0 Å². The van der Waals surface area contributed by atoms with E-state index in [0.29, 0.717) is 30.2 Å². The van der Waals surface area contributed by atoms with Crippen molar-refractivity contribution in [3.63, 3.8) is 0 Å². The summed E-state index contributed by atoms with van der Waals surface area (Å²) in [5, 5.41) is 6.80. The van der Waals surface area contributed by atoms with Gasteiger partial charge in [-0.15, -0.1) is 0 Å². The van der Waals surface area contributed by atoms with E-state index in [0.717, 1.165) is 5.56 Å². The summed E-state index contributed by atoms with van der Waals surface area (Å²) in [6.07, 6.45) is 8.18. The molecule has 0 unspecified atom stereocenters. The molecule has 29 heavy (non-hydrogen) atoms. The molecule has 0 spiro atoms. The van der Waals surface area contributed by atoms with Gasteiger partial charge in [-0.05, 0) is 42.3 Å². The molecular weight excluding hydrogens is 392 g/mol. The van der Waals surface area contributed by atoms with Gasteiger partial charge in [0.1, 0.15) is 12.7 Å². The Morgan fingerprint density at radius 3 is 2.69 bits per heavy atom. The van der Waals surface area contributed by atoms with Crippen LogP contribution in [0.15, 0.2) is 61.3 Å². The van der Waals surface area contributed by atoms with Crippen LogP contribution >= 0.6 is 0 Å². The number of aromatic nitrogens is 4. The Morgan fingerprint density at radius 2 is 2.00 bits per heavy atom. The quantitative estimate of drug-likeness (QED) is 0.643. The lowest BCUT2D eigenvalue weighted by Crippen LogP contribution is -2.24. The average Bonchev–Trinajstić information content (AvgIpc) is 3.37. The van der Waals surface area contributed by atoms with Crippen molar-refractivity contribution >= 4 is 33.4 Å². The van der Waals surface area contributed by atoms with Gasteiger partial charge < -0.3 is 5.32 Å². The first-order valence-electron chi connectivity index (χ1n) is 8.92. The van der Waals surface area contributed by atoms with E-state index in [4.69, 9.17) is 0 Å². The molecule has 1 saturated heterocycles. The van der Waals surface area contributed by atoms with Gasteiger partial charge in [0, 0.05) is 18.8 Å². The van der Waals surface area contributed by atoms with Crippen molar-refractivity contribution in [2.45, 2.75) is 6.42 Å². The third kappa shape index (κ3) is 4.16. The molecule has 1 aliphatic rings. The molecular formula is C19H18N6O3S. The fraction of sp³-hybridized carbons (Fsp3) is 0.158. The third-order valence-corrected chi connectivity index (χ3v) is 6.26. The molecule has 1 amide bonds. The van der Waals surface area contributed by atoms with Gasteiger partial charge in [0.15, 0.2) is 5.82 Å². The minimum Gasteiger partial charge on any atom is -0.319 e. The molecule has 10 heteroatoms. The Labute approximate surface area is 167 Å². The van der Waals surface area contributed by atoms with Gasteiger partial charge in [-0.1, -0.05) is 12.1 Å². The summed E-state index contributed by atoms with van der Waals surface area (Å²) in [5.41, 5.74) is 1.92. The summed E-state index contributed by atoms with van der Waals surface area (Å²) in [6, 6.07) is 10.5. The van der Waals surface area contributed by atoms with Gasteiger partial charge in [-0.25, -0.2) is 23.1 Å². The number of hydrogen-bond donors (Lipinski definition) is 1. The lowest BCUT2D eigenvalue weighted by molar-refractivity contribution is -0.111. The predicted molar refractivity (Wildman–Crippen MR) is 109 cm³/mol. The number of carbonyl (C=O) groups is 1. The number of amides is 1. The number of hydrogen-bond acceptors (Lipinski definition) is 6. The normalized spacial score (nSPS) is 15.7. The maximum absolute atomic E-state index is 12.3. The standard InChI is InChI=1S/C19H18N6O3S/c26-18(23-17-3-1-10-21-19(17)24-14-20-13-22-24)9-6-15-4-7-16(8-5-15)25-11-2-12-29(25,27)28/h1,3-10,13-14H,2,11-12H2,(H,23,26)/b9-6+. The minimum absolute atomic E-state index is 0.180. The number of benzene rings is 1. The van der Waals surface area contributed by atoms with Crippen LogP contribution in [0.5, 0.6) is 0 Å². The lowest BCUT2D eigenvalue weighted by Gasteiger charge is -2.16. The van der Waals surface area contributed by atoms with E-state index in [9.17, 15) is 13.2 Å². The van der Waals surface area contributed by atoms with E-state index >= 15 is 0 Å². The second-order valence-electron chi connectivity index (χ2n) is 6.37. The second-order valence-corrected chi connectivity index (χ2v) is 8.38. The van der Waals surface area contributed by atoms with E-state index in [1.54, 1.807) is 48.7 Å². The Morgan fingerprint density at radius 1 is 1.17 bits per heavy atom. The van der Waals surface area contributed by atoms with Crippen LogP contribution in [0.4, 0.5) is 11.4 Å². The van der Waals surface area contributed by atoms with Gasteiger partial charge in [-0.3, -0.25) is 9.10 Å². The van der Waals surface area contributed by atoms with Crippen LogP contribution in [0.2, 0.25) is 0 Å². The summed E-state index contributed by atoms with van der Waals surface area (Å²) in [5.74, 6) is 0.313. The summed E-state index contributed by atoms with van der Waals surface area (Å²) in [4.78, 5) is 20.4. The summed E-state index contributed by atoms with van der Waals surface area (Å²) < 4.78 is 26.9. The lowest BCUT2D eigenvalue weighted by atomic mass is 10.2. The van der Waals surface area contributed by atoms with Crippen molar-refractivity contribution in [2.75, 3.05) is 21.9 Å². The van der Waals surface area contributed by atoms with Crippen LogP contribution in [-0.2, 0) is 14.8 Å². The van der Waals surface area contributed by atoms with E-state index in [1.807, 2.05) is 0 Å². The van der Waals surface area contributed by atoms with Crippen molar-refractivity contribution in [3.05, 3.63) is 66.9 Å². The largest absolute Gasteiger partial charge is 0.319 e. The molecule has 148 valence electrons. The Kier molecular flexibility index (Phi) is 5.09. The van der Waals surface area contributed by atoms with Crippen LogP contribution in [0, 0.1) is 0 Å². The molecule has 3 aromatic rings. The highest BCUT2D eigenvalue weighted by atomic mass is 32.2. The fourth-order valence-corrected chi connectivity index (χ4v) is 4.59. The first-order chi connectivity index (χ1) is 14.0. The molecule has 0 bridgehead atoms. The smallest absolute Gasteiger partial charge is 0.248 e. The molecule has 1 aromatic carbocycles. The molecule has 0 radical (unpaired) electrons. The van der Waals surface area contributed by atoms with E-state index in [2.05, 4.69) is 20.4 Å². The van der Waals surface area contributed by atoms with Crippen molar-refractivity contribution in [3.8, 4) is 5.82 Å². The van der Waals surface area contributed by atoms with Gasteiger partial charge in [0.2, 0.25) is 15.9 Å². The predicted octanol–water partition coefficient (Wildman–Crippen LogP) is 1.85. The second kappa shape index (κ2) is 7.84. The van der Waals surface area contributed by atoms with Gasteiger partial charge in [-0.2, -0.15) is 5.10 Å². The van der Waals surface area contributed by atoms with E-state index in [-0.39, 0.29) is 11.7 Å². The topological polar surface area (TPSA) is 110 Å². The van der Waals surface area contributed by atoms with Gasteiger partial charge in [0.05, 0.1) is 17.1 Å². The van der Waals surface area contributed by atoms with E-state index in [1.165, 1.54) is 27.7 Å². The van der Waals surface area contributed by atoms with Crippen molar-refractivity contribution in [1.82, 2.24) is 19.7 Å². The number of rotatable bonds is 5. The molecule has 0 saturated carbocycles.